The van der Waals surface area contributed by atoms with Gasteiger partial charge >= 0.3 is 0 Å². The lowest BCUT2D eigenvalue weighted by Crippen LogP contribution is -2.09. The second-order valence-electron chi connectivity index (χ2n) is 3.19. The molecule has 0 bridgehead atoms. The first-order chi connectivity index (χ1) is 6.27. The number of pyridine rings is 1. The van der Waals surface area contributed by atoms with Crippen LogP contribution in [-0.2, 0) is 0 Å². The van der Waals surface area contributed by atoms with Crippen molar-refractivity contribution in [1.82, 2.24) is 9.36 Å². The number of rotatable bonds is 2. The van der Waals surface area contributed by atoms with Gasteiger partial charge in [0.15, 0.2) is 0 Å². The maximum Gasteiger partial charge on any atom is 0.149 e. The average molecular weight is 193 g/mol. The van der Waals surface area contributed by atoms with E-state index < -0.39 is 0 Å². The quantitative estimate of drug-likeness (QED) is 0.796. The van der Waals surface area contributed by atoms with Crippen molar-refractivity contribution in [3.8, 4) is 0 Å². The minimum atomic E-state index is 0.408. The fraction of sp³-hybridized carbons (Fsp3) is 0.333. The molecule has 0 aliphatic carbocycles. The number of aromatic nitrogens is 2. The van der Waals surface area contributed by atoms with Crippen molar-refractivity contribution in [1.29, 1.82) is 0 Å². The first kappa shape index (κ1) is 8.44. The van der Waals surface area contributed by atoms with Crippen molar-refractivity contribution < 1.29 is 0 Å². The van der Waals surface area contributed by atoms with Crippen molar-refractivity contribution in [2.24, 2.45) is 0 Å². The van der Waals surface area contributed by atoms with Crippen LogP contribution in [0.5, 0.6) is 0 Å². The highest BCUT2D eigenvalue weighted by Gasteiger charge is 2.05. The molecule has 0 radical (unpaired) electrons. The molecule has 0 unspecified atom stereocenters. The lowest BCUT2D eigenvalue weighted by atomic mass is 10.3. The zero-order valence-electron chi connectivity index (χ0n) is 7.61. The smallest absolute Gasteiger partial charge is 0.149 e. The Balaban J connectivity index is 2.46. The molecule has 2 aromatic heterocycles. The molecule has 0 fully saturated rings. The van der Waals surface area contributed by atoms with Crippen molar-refractivity contribution in [2.75, 3.05) is 5.32 Å². The highest BCUT2D eigenvalue weighted by molar-refractivity contribution is 7.13. The van der Waals surface area contributed by atoms with Gasteiger partial charge in [0.25, 0.3) is 0 Å². The van der Waals surface area contributed by atoms with Crippen LogP contribution in [0.4, 0.5) is 5.82 Å². The molecular weight excluding hydrogens is 182 g/mol. The first-order valence-electron chi connectivity index (χ1n) is 4.24. The third kappa shape index (κ3) is 1.62. The standard InChI is InChI=1S/C9H11N3S/c1-6(2)11-8-7-4-3-5-10-9(7)13-12-8/h3-6H,1-2H3,(H,11,12). The number of nitrogens with zero attached hydrogens (tertiary/aromatic N) is 2. The van der Waals surface area contributed by atoms with E-state index in [1.807, 2.05) is 12.1 Å². The van der Waals surface area contributed by atoms with Crippen LogP contribution in [0.25, 0.3) is 10.2 Å². The molecule has 2 heterocycles. The molecule has 4 heteroatoms. The molecule has 68 valence electrons. The summed E-state index contributed by atoms with van der Waals surface area (Å²) in [4.78, 5) is 5.22. The Hall–Kier alpha value is -1.16. The molecule has 13 heavy (non-hydrogen) atoms. The summed E-state index contributed by atoms with van der Waals surface area (Å²) in [6.45, 7) is 4.20. The number of anilines is 1. The van der Waals surface area contributed by atoms with Crippen LogP contribution in [0.2, 0.25) is 0 Å². The SMILES string of the molecule is CC(C)Nc1nsc2ncccc12. The average Bonchev–Trinajstić information content (AvgIpc) is 2.48. The van der Waals surface area contributed by atoms with Gasteiger partial charge in [0.05, 0.1) is 5.39 Å². The fourth-order valence-electron chi connectivity index (χ4n) is 1.16. The third-order valence-corrected chi connectivity index (χ3v) is 2.45. The van der Waals surface area contributed by atoms with Gasteiger partial charge in [0.1, 0.15) is 10.6 Å². The maximum absolute atomic E-state index is 4.30. The monoisotopic (exact) mass is 193 g/mol. The Morgan fingerprint density at radius 2 is 2.31 bits per heavy atom. The molecule has 0 saturated carbocycles. The molecule has 1 N–H and O–H groups in total. The van der Waals surface area contributed by atoms with Crippen LogP contribution in [0, 0.1) is 0 Å². The van der Waals surface area contributed by atoms with Crippen LogP contribution >= 0.6 is 11.5 Å². The van der Waals surface area contributed by atoms with E-state index in [0.29, 0.717) is 6.04 Å². The van der Waals surface area contributed by atoms with Gasteiger partial charge in [0, 0.05) is 12.2 Å². The van der Waals surface area contributed by atoms with E-state index >= 15 is 0 Å². The topological polar surface area (TPSA) is 37.8 Å². The summed E-state index contributed by atoms with van der Waals surface area (Å²) in [6.07, 6.45) is 1.79. The second kappa shape index (κ2) is 3.30. The van der Waals surface area contributed by atoms with Crippen molar-refractivity contribution in [3.05, 3.63) is 18.3 Å². The molecule has 0 aromatic carbocycles. The zero-order chi connectivity index (χ0) is 9.26. The molecule has 2 aromatic rings. The van der Waals surface area contributed by atoms with Gasteiger partial charge in [0.2, 0.25) is 0 Å². The third-order valence-electron chi connectivity index (χ3n) is 1.68. The van der Waals surface area contributed by atoms with Gasteiger partial charge in [-0.15, -0.1) is 0 Å². The highest BCUT2D eigenvalue weighted by Crippen LogP contribution is 2.24. The summed E-state index contributed by atoms with van der Waals surface area (Å²) in [5, 5.41) is 4.40. The fourth-order valence-corrected chi connectivity index (χ4v) is 1.86. The van der Waals surface area contributed by atoms with Gasteiger partial charge in [-0.1, -0.05) is 0 Å². The van der Waals surface area contributed by atoms with Crippen LogP contribution in [0.1, 0.15) is 13.8 Å². The molecule has 3 nitrogen and oxygen atoms in total. The molecule has 0 aliphatic heterocycles. The molecule has 2 rings (SSSR count). The summed E-state index contributed by atoms with van der Waals surface area (Å²) in [5.74, 6) is 0.947. The summed E-state index contributed by atoms with van der Waals surface area (Å²) >= 11 is 1.43. The van der Waals surface area contributed by atoms with E-state index in [0.717, 1.165) is 16.0 Å². The first-order valence-corrected chi connectivity index (χ1v) is 5.01. The van der Waals surface area contributed by atoms with E-state index in [9.17, 15) is 0 Å². The van der Waals surface area contributed by atoms with Crippen molar-refractivity contribution in [3.63, 3.8) is 0 Å². The van der Waals surface area contributed by atoms with E-state index in [1.54, 1.807) is 6.20 Å². The van der Waals surface area contributed by atoms with Gasteiger partial charge in [-0.3, -0.25) is 0 Å². The molecule has 0 amide bonds. The van der Waals surface area contributed by atoms with Crippen molar-refractivity contribution in [2.45, 2.75) is 19.9 Å². The lowest BCUT2D eigenvalue weighted by molar-refractivity contribution is 0.896. The normalized spacial score (nSPS) is 11.0. The molecular formula is C9H11N3S. The van der Waals surface area contributed by atoms with Gasteiger partial charge in [-0.2, -0.15) is 4.37 Å². The Bertz CT molecular complexity index is 408. The maximum atomic E-state index is 4.30. The zero-order valence-corrected chi connectivity index (χ0v) is 8.43. The highest BCUT2D eigenvalue weighted by atomic mass is 32.1. The van der Waals surface area contributed by atoms with Crippen molar-refractivity contribution >= 4 is 27.6 Å². The largest absolute Gasteiger partial charge is 0.366 e. The second-order valence-corrected chi connectivity index (χ2v) is 3.94. The Morgan fingerprint density at radius 1 is 1.46 bits per heavy atom. The summed E-state index contributed by atoms with van der Waals surface area (Å²) < 4.78 is 4.30. The summed E-state index contributed by atoms with van der Waals surface area (Å²) in [5.41, 5.74) is 0. The number of hydrogen-bond donors (Lipinski definition) is 1. The number of hydrogen-bond acceptors (Lipinski definition) is 4. The predicted octanol–water partition coefficient (Wildman–Crippen LogP) is 2.51. The van der Waals surface area contributed by atoms with E-state index in [1.165, 1.54) is 11.5 Å². The summed E-state index contributed by atoms with van der Waals surface area (Å²) in [7, 11) is 0. The Morgan fingerprint density at radius 3 is 3.08 bits per heavy atom. The molecule has 0 saturated heterocycles. The molecule has 0 spiro atoms. The molecule has 0 aliphatic rings. The summed E-state index contributed by atoms with van der Waals surface area (Å²) in [6, 6.07) is 4.38. The molecule has 0 atom stereocenters. The van der Waals surface area contributed by atoms with E-state index in [2.05, 4.69) is 28.5 Å². The van der Waals surface area contributed by atoms with Crippen LogP contribution < -0.4 is 5.32 Å². The van der Waals surface area contributed by atoms with Crippen LogP contribution in [-0.4, -0.2) is 15.4 Å². The minimum absolute atomic E-state index is 0.408. The van der Waals surface area contributed by atoms with Gasteiger partial charge in [-0.25, -0.2) is 4.98 Å². The Labute approximate surface area is 81.0 Å². The number of nitrogens with one attached hydrogen (secondary N) is 1. The van der Waals surface area contributed by atoms with Crippen LogP contribution in [0.15, 0.2) is 18.3 Å². The predicted molar refractivity (Wildman–Crippen MR) is 56.2 cm³/mol. The lowest BCUT2D eigenvalue weighted by Gasteiger charge is -2.05. The van der Waals surface area contributed by atoms with E-state index in [-0.39, 0.29) is 0 Å². The van der Waals surface area contributed by atoms with Crippen LogP contribution in [0.3, 0.4) is 0 Å². The van der Waals surface area contributed by atoms with Gasteiger partial charge < -0.3 is 5.32 Å². The number of fused-ring (bicyclic) bond motifs is 1. The van der Waals surface area contributed by atoms with Gasteiger partial charge in [-0.05, 0) is 37.5 Å². The van der Waals surface area contributed by atoms with E-state index in [4.69, 9.17) is 0 Å². The Kier molecular flexibility index (Phi) is 2.14. The minimum Gasteiger partial charge on any atom is -0.366 e.